The quantitative estimate of drug-likeness (QED) is 0.346. The molecule has 0 N–H and O–H groups in total. The van der Waals surface area contributed by atoms with E-state index >= 15 is 0 Å². The van der Waals surface area contributed by atoms with Gasteiger partial charge in [-0.1, -0.05) is 40.5 Å². The van der Waals surface area contributed by atoms with Gasteiger partial charge in [0, 0.05) is 0 Å². The maximum atomic E-state index is 3.47. The molecule has 0 saturated heterocycles. The van der Waals surface area contributed by atoms with Crippen LogP contribution in [0.15, 0.2) is 35.5 Å². The van der Waals surface area contributed by atoms with Gasteiger partial charge in [0.05, 0.1) is 0 Å². The largest absolute Gasteiger partial charge is 2.00 e. The second-order valence-electron chi connectivity index (χ2n) is 12.4. The van der Waals surface area contributed by atoms with Gasteiger partial charge in [-0.25, -0.2) is 23.3 Å². The average Bonchev–Trinajstić information content (AvgIpc) is 3.43. The molecule has 31 heavy (non-hydrogen) atoms. The van der Waals surface area contributed by atoms with Crippen molar-refractivity contribution in [1.82, 2.24) is 0 Å². The van der Waals surface area contributed by atoms with Crippen molar-refractivity contribution < 1.29 is 26.2 Å². The Morgan fingerprint density at radius 3 is 1.42 bits per heavy atom. The molecule has 2 unspecified atom stereocenters. The monoisotopic (exact) mass is 492 g/mol. The Hall–Kier alpha value is -0.157. The average molecular weight is 494 g/mol. The minimum absolute atomic E-state index is 0. The molecule has 6 saturated carbocycles. The predicted molar refractivity (Wildman–Crippen MR) is 126 cm³/mol. The van der Waals surface area contributed by atoms with E-state index in [2.05, 4.69) is 64.2 Å². The van der Waals surface area contributed by atoms with Crippen LogP contribution in [0.1, 0.15) is 91.9 Å². The third-order valence-corrected chi connectivity index (χ3v) is 10.5. The summed E-state index contributed by atoms with van der Waals surface area (Å²) >= 11 is 0. The summed E-state index contributed by atoms with van der Waals surface area (Å²) in [6.45, 7) is 9.95. The molecule has 8 aliphatic rings. The summed E-state index contributed by atoms with van der Waals surface area (Å²) in [4.78, 5) is 0. The Kier molecular flexibility index (Phi) is 7.15. The van der Waals surface area contributed by atoms with Crippen molar-refractivity contribution in [2.24, 2.45) is 46.3 Å². The van der Waals surface area contributed by atoms with Gasteiger partial charge in [0.15, 0.2) is 0 Å². The van der Waals surface area contributed by atoms with Gasteiger partial charge in [-0.3, -0.25) is 12.2 Å². The van der Waals surface area contributed by atoms with Crippen molar-refractivity contribution in [2.45, 2.75) is 91.9 Å². The molecule has 1 heteroatoms. The maximum Gasteiger partial charge on any atom is 2.00 e. The minimum atomic E-state index is 0. The predicted octanol–water partition coefficient (Wildman–Crippen LogP) is 8.27. The molecule has 166 valence electrons. The number of allylic oxidation sites excluding steroid dienone is 8. The van der Waals surface area contributed by atoms with E-state index in [9.17, 15) is 0 Å². The zero-order chi connectivity index (χ0) is 20.9. The molecule has 0 aromatic rings. The number of hydrogen-bond donors (Lipinski definition) is 0. The fourth-order valence-corrected chi connectivity index (χ4v) is 8.16. The summed E-state index contributed by atoms with van der Waals surface area (Å²) in [5.41, 5.74) is 4.26. The van der Waals surface area contributed by atoms with Crippen molar-refractivity contribution in [2.75, 3.05) is 0 Å². The molecule has 4 bridgehead atoms. The van der Waals surface area contributed by atoms with E-state index in [0.717, 1.165) is 48.3 Å². The molecule has 0 aromatic heterocycles. The molecule has 0 amide bonds. The van der Waals surface area contributed by atoms with Crippen LogP contribution in [0.4, 0.5) is 0 Å². The molecular formula is C30H42Zr. The Balaban J connectivity index is 0.000000144. The van der Waals surface area contributed by atoms with Crippen LogP contribution in [0, 0.1) is 58.5 Å². The first-order chi connectivity index (χ1) is 14.4. The third kappa shape index (κ3) is 4.48. The van der Waals surface area contributed by atoms with E-state index < -0.39 is 0 Å². The summed E-state index contributed by atoms with van der Waals surface area (Å²) in [6.07, 6.45) is 29.6. The zero-order valence-corrected chi connectivity index (χ0v) is 22.8. The number of rotatable bonds is 4. The summed E-state index contributed by atoms with van der Waals surface area (Å²) in [5.74, 6) is 5.98. The molecule has 0 nitrogen and oxygen atoms in total. The summed E-state index contributed by atoms with van der Waals surface area (Å²) < 4.78 is 0. The van der Waals surface area contributed by atoms with Gasteiger partial charge in [-0.2, -0.15) is 12.2 Å². The molecular weight excluding hydrogens is 452 g/mol. The zero-order valence-electron chi connectivity index (χ0n) is 20.3. The Bertz CT molecular complexity index is 706. The van der Waals surface area contributed by atoms with Crippen LogP contribution in [-0.2, 0) is 26.2 Å². The van der Waals surface area contributed by atoms with Crippen molar-refractivity contribution in [3.63, 3.8) is 0 Å². The second kappa shape index (κ2) is 9.24. The standard InChI is InChI=1S/2C15H21.Zr/c2*1-15(2)13-8-7-12(14(15)10-13)9-11-5-3-4-6-11;/h2*3,5,12-14H,4,7-10H2,1-2H3;/q2*-1;+2/t2*12?,13-,14-;/m00./s1. The maximum absolute atomic E-state index is 3.47. The first-order valence-electron chi connectivity index (χ1n) is 12.9. The van der Waals surface area contributed by atoms with E-state index in [4.69, 9.17) is 0 Å². The fourth-order valence-electron chi connectivity index (χ4n) is 8.16. The van der Waals surface area contributed by atoms with Gasteiger partial charge >= 0.3 is 26.2 Å². The van der Waals surface area contributed by atoms with E-state index in [-0.39, 0.29) is 26.2 Å². The van der Waals surface area contributed by atoms with E-state index in [1.807, 2.05) is 0 Å². The fraction of sp³-hybridized carbons (Fsp3) is 0.733. The van der Waals surface area contributed by atoms with Gasteiger partial charge in [0.25, 0.3) is 0 Å². The minimum Gasteiger partial charge on any atom is -0.269 e. The van der Waals surface area contributed by atoms with Crippen molar-refractivity contribution in [1.29, 1.82) is 0 Å². The first kappa shape index (κ1) is 24.0. The first-order valence-corrected chi connectivity index (χ1v) is 12.9. The Morgan fingerprint density at radius 2 is 1.13 bits per heavy atom. The van der Waals surface area contributed by atoms with Crippen LogP contribution in [0.3, 0.4) is 0 Å². The van der Waals surface area contributed by atoms with Gasteiger partial charge in [-0.05, 0) is 84.9 Å². The summed E-state index contributed by atoms with van der Waals surface area (Å²) in [6, 6.07) is 0. The smallest absolute Gasteiger partial charge is 0.269 e. The normalized spacial score (nSPS) is 39.9. The molecule has 6 fully saturated rings. The van der Waals surface area contributed by atoms with Gasteiger partial charge in [0.2, 0.25) is 0 Å². The van der Waals surface area contributed by atoms with Crippen LogP contribution in [-0.4, -0.2) is 0 Å². The molecule has 8 rings (SSSR count). The number of hydrogen-bond acceptors (Lipinski definition) is 0. The molecule has 6 atom stereocenters. The van der Waals surface area contributed by atoms with Gasteiger partial charge in [-0.15, -0.1) is 12.8 Å². The van der Waals surface area contributed by atoms with Crippen LogP contribution < -0.4 is 0 Å². The molecule has 8 aliphatic carbocycles. The van der Waals surface area contributed by atoms with Crippen LogP contribution >= 0.6 is 0 Å². The van der Waals surface area contributed by atoms with E-state index in [0.29, 0.717) is 10.8 Å². The molecule has 0 aliphatic heterocycles. The van der Waals surface area contributed by atoms with E-state index in [1.54, 1.807) is 0 Å². The Labute approximate surface area is 211 Å². The van der Waals surface area contributed by atoms with Crippen LogP contribution in [0.25, 0.3) is 0 Å². The second-order valence-corrected chi connectivity index (χ2v) is 12.4. The van der Waals surface area contributed by atoms with Gasteiger partial charge in [0.1, 0.15) is 0 Å². The topological polar surface area (TPSA) is 0 Å². The van der Waals surface area contributed by atoms with Gasteiger partial charge < -0.3 is 0 Å². The van der Waals surface area contributed by atoms with E-state index in [1.165, 1.54) is 62.5 Å². The van der Waals surface area contributed by atoms with Crippen LogP contribution in [0.5, 0.6) is 0 Å². The van der Waals surface area contributed by atoms with Crippen LogP contribution in [0.2, 0.25) is 0 Å². The van der Waals surface area contributed by atoms with Crippen molar-refractivity contribution in [3.05, 3.63) is 47.6 Å². The molecule has 0 aromatic carbocycles. The summed E-state index contributed by atoms with van der Waals surface area (Å²) in [7, 11) is 0. The SMILES string of the molecule is CC1(C)[C@H]2CCC(CC3=[C-]CC=C3)[C@@H]1C2.CC1(C)[C@H]2CCC(CC3=[C-]CC=C3)[C@@H]1C2.[Zr+2]. The summed E-state index contributed by atoms with van der Waals surface area (Å²) in [5, 5.41) is 0. The van der Waals surface area contributed by atoms with Crippen molar-refractivity contribution >= 4 is 0 Å². The molecule has 0 radical (unpaired) electrons. The molecule has 0 heterocycles. The number of fused-ring (bicyclic) bond motifs is 4. The molecule has 0 spiro atoms. The third-order valence-electron chi connectivity index (χ3n) is 10.5. The Morgan fingerprint density at radius 1 is 0.710 bits per heavy atom. The van der Waals surface area contributed by atoms with Crippen molar-refractivity contribution in [3.8, 4) is 0 Å².